The summed E-state index contributed by atoms with van der Waals surface area (Å²) in [6.07, 6.45) is 12.1. The Morgan fingerprint density at radius 3 is 2.93 bits per heavy atom. The maximum atomic E-state index is 12.1. The van der Waals surface area contributed by atoms with Gasteiger partial charge in [-0.15, -0.1) is 0 Å². The minimum atomic E-state index is -0.371. The van der Waals surface area contributed by atoms with Crippen LogP contribution in [0, 0.1) is 5.92 Å². The number of aryl methyl sites for hydroxylation is 2. The second-order valence-electron chi connectivity index (χ2n) is 8.35. The molecule has 0 spiro atoms. The molecular formula is C21H27N5O. The molecule has 6 heteroatoms. The number of hydrogen-bond acceptors (Lipinski definition) is 4. The Hall–Kier alpha value is -2.37. The van der Waals surface area contributed by atoms with Gasteiger partial charge in [-0.25, -0.2) is 9.97 Å². The molecule has 2 aromatic heterocycles. The van der Waals surface area contributed by atoms with E-state index in [0.717, 1.165) is 69.2 Å². The van der Waals surface area contributed by atoms with E-state index in [1.54, 1.807) is 0 Å². The number of imidazole rings is 1. The van der Waals surface area contributed by atoms with Gasteiger partial charge in [-0.3, -0.25) is 4.79 Å². The molecule has 2 N–H and O–H groups in total. The van der Waals surface area contributed by atoms with Gasteiger partial charge in [0.25, 0.3) is 5.91 Å². The maximum Gasteiger partial charge on any atom is 0.252 e. The van der Waals surface area contributed by atoms with Crippen molar-refractivity contribution in [1.82, 2.24) is 14.5 Å². The molecule has 1 saturated carbocycles. The molecule has 5 rings (SSSR count). The van der Waals surface area contributed by atoms with E-state index in [2.05, 4.69) is 20.6 Å². The van der Waals surface area contributed by atoms with Crippen molar-refractivity contribution in [1.29, 1.82) is 0 Å². The van der Waals surface area contributed by atoms with Crippen LogP contribution in [0.1, 0.15) is 65.5 Å². The Kier molecular flexibility index (Phi) is 4.14. The summed E-state index contributed by atoms with van der Waals surface area (Å²) in [5, 5.41) is 0. The molecule has 1 amide bonds. The van der Waals surface area contributed by atoms with Gasteiger partial charge in [0, 0.05) is 43.6 Å². The Morgan fingerprint density at radius 2 is 2.11 bits per heavy atom. The molecule has 1 saturated heterocycles. The summed E-state index contributed by atoms with van der Waals surface area (Å²) in [5.74, 6) is 2.81. The van der Waals surface area contributed by atoms with Gasteiger partial charge in [0.1, 0.15) is 11.6 Å². The zero-order valence-corrected chi connectivity index (χ0v) is 15.7. The summed E-state index contributed by atoms with van der Waals surface area (Å²) >= 11 is 0. The van der Waals surface area contributed by atoms with Crippen molar-refractivity contribution in [3.05, 3.63) is 41.1 Å². The number of anilines is 1. The zero-order chi connectivity index (χ0) is 18.4. The molecule has 1 aliphatic heterocycles. The van der Waals surface area contributed by atoms with Crippen molar-refractivity contribution < 1.29 is 4.79 Å². The fraction of sp³-hybridized carbons (Fsp3) is 0.571. The fourth-order valence-electron chi connectivity index (χ4n) is 4.68. The van der Waals surface area contributed by atoms with E-state index in [1.807, 2.05) is 12.3 Å². The number of carbonyl (C=O) groups is 1. The first-order valence-electron chi connectivity index (χ1n) is 10.3. The molecule has 2 aromatic rings. The third-order valence-electron chi connectivity index (χ3n) is 6.28. The molecule has 3 aliphatic rings. The number of aromatic nitrogens is 3. The van der Waals surface area contributed by atoms with Crippen molar-refractivity contribution in [2.75, 3.05) is 18.0 Å². The van der Waals surface area contributed by atoms with Crippen LogP contribution in [-0.4, -0.2) is 33.5 Å². The van der Waals surface area contributed by atoms with Crippen LogP contribution in [-0.2, 0) is 19.4 Å². The monoisotopic (exact) mass is 365 g/mol. The van der Waals surface area contributed by atoms with Crippen LogP contribution in [0.15, 0.2) is 18.5 Å². The Balaban J connectivity index is 1.43. The molecule has 6 nitrogen and oxygen atoms in total. The largest absolute Gasteiger partial charge is 0.365 e. The van der Waals surface area contributed by atoms with Crippen molar-refractivity contribution in [3.8, 4) is 0 Å². The van der Waals surface area contributed by atoms with Crippen LogP contribution in [0.4, 0.5) is 5.82 Å². The normalized spacial score (nSPS) is 22.1. The van der Waals surface area contributed by atoms with Crippen LogP contribution in [0.3, 0.4) is 0 Å². The van der Waals surface area contributed by atoms with Gasteiger partial charge in [0.15, 0.2) is 0 Å². The van der Waals surface area contributed by atoms with Crippen molar-refractivity contribution in [2.45, 2.75) is 57.4 Å². The first kappa shape index (κ1) is 16.8. The Labute approximate surface area is 159 Å². The zero-order valence-electron chi connectivity index (χ0n) is 15.7. The average Bonchev–Trinajstić information content (AvgIpc) is 3.17. The highest BCUT2D eigenvalue weighted by atomic mass is 16.1. The quantitative estimate of drug-likeness (QED) is 0.884. The molecule has 0 aromatic carbocycles. The summed E-state index contributed by atoms with van der Waals surface area (Å²) < 4.78 is 2.34. The second-order valence-corrected chi connectivity index (χ2v) is 8.35. The number of hydrogen-bond donors (Lipinski definition) is 1. The maximum absolute atomic E-state index is 12.1. The molecule has 142 valence electrons. The summed E-state index contributed by atoms with van der Waals surface area (Å²) in [6, 6.07) is 1.99. The van der Waals surface area contributed by atoms with Crippen molar-refractivity contribution >= 4 is 11.7 Å². The van der Waals surface area contributed by atoms with Crippen LogP contribution in [0.5, 0.6) is 0 Å². The molecule has 2 fully saturated rings. The van der Waals surface area contributed by atoms with E-state index < -0.39 is 0 Å². The molecule has 1 atom stereocenters. The SMILES string of the molecule is NC(=O)c1cc2c(nc1N1CCC[C@H](c3nccn3CC3CC3)C1)CCC2. The number of fused-ring (bicyclic) bond motifs is 1. The second kappa shape index (κ2) is 6.66. The third kappa shape index (κ3) is 3.22. The molecule has 0 unspecified atom stereocenters. The van der Waals surface area contributed by atoms with Crippen LogP contribution in [0.2, 0.25) is 0 Å². The number of carbonyl (C=O) groups excluding carboxylic acids is 1. The van der Waals surface area contributed by atoms with E-state index in [-0.39, 0.29) is 5.91 Å². The third-order valence-corrected chi connectivity index (χ3v) is 6.28. The van der Waals surface area contributed by atoms with Crippen LogP contribution < -0.4 is 10.6 Å². The number of piperidine rings is 1. The highest BCUT2D eigenvalue weighted by Gasteiger charge is 2.30. The number of nitrogens with zero attached hydrogens (tertiary/aromatic N) is 4. The first-order valence-corrected chi connectivity index (χ1v) is 10.3. The lowest BCUT2D eigenvalue weighted by molar-refractivity contribution is 0.1000. The highest BCUT2D eigenvalue weighted by molar-refractivity contribution is 5.98. The smallest absolute Gasteiger partial charge is 0.252 e. The van der Waals surface area contributed by atoms with E-state index in [1.165, 1.54) is 24.2 Å². The summed E-state index contributed by atoms with van der Waals surface area (Å²) in [6.45, 7) is 2.87. The predicted octanol–water partition coefficient (Wildman–Crippen LogP) is 2.66. The van der Waals surface area contributed by atoms with Gasteiger partial charge >= 0.3 is 0 Å². The number of pyridine rings is 1. The van der Waals surface area contributed by atoms with E-state index in [9.17, 15) is 4.79 Å². The molecule has 0 bridgehead atoms. The molecule has 0 radical (unpaired) electrons. The minimum Gasteiger partial charge on any atom is -0.365 e. The lowest BCUT2D eigenvalue weighted by atomic mass is 9.96. The minimum absolute atomic E-state index is 0.371. The summed E-state index contributed by atoms with van der Waals surface area (Å²) in [5.41, 5.74) is 8.63. The lowest BCUT2D eigenvalue weighted by Gasteiger charge is -2.34. The number of nitrogens with two attached hydrogens (primary N) is 1. The lowest BCUT2D eigenvalue weighted by Crippen LogP contribution is -2.37. The van der Waals surface area contributed by atoms with Crippen LogP contribution in [0.25, 0.3) is 0 Å². The topological polar surface area (TPSA) is 77.0 Å². The molecular weight excluding hydrogens is 338 g/mol. The van der Waals surface area contributed by atoms with Crippen molar-refractivity contribution in [2.24, 2.45) is 11.7 Å². The van der Waals surface area contributed by atoms with Gasteiger partial charge in [-0.2, -0.15) is 0 Å². The predicted molar refractivity (Wildman–Crippen MR) is 104 cm³/mol. The number of primary amides is 1. The highest BCUT2D eigenvalue weighted by Crippen LogP contribution is 2.35. The molecule has 3 heterocycles. The fourth-order valence-corrected chi connectivity index (χ4v) is 4.68. The summed E-state index contributed by atoms with van der Waals surface area (Å²) in [7, 11) is 0. The van der Waals surface area contributed by atoms with Gasteiger partial charge in [0.05, 0.1) is 5.56 Å². The van der Waals surface area contributed by atoms with Gasteiger partial charge in [0.2, 0.25) is 0 Å². The van der Waals surface area contributed by atoms with Gasteiger partial charge < -0.3 is 15.2 Å². The molecule has 2 aliphatic carbocycles. The van der Waals surface area contributed by atoms with Crippen LogP contribution >= 0.6 is 0 Å². The van der Waals surface area contributed by atoms with Gasteiger partial charge in [-0.1, -0.05) is 0 Å². The average molecular weight is 365 g/mol. The standard InChI is InChI=1S/C21H27N5O/c22-19(27)17-11-15-3-1-5-18(15)24-21(17)25-9-2-4-16(13-25)20-23-8-10-26(20)12-14-6-7-14/h8,10-11,14,16H,1-7,9,12-13H2,(H2,22,27)/t16-/m0/s1. The van der Waals surface area contributed by atoms with E-state index in [4.69, 9.17) is 10.7 Å². The van der Waals surface area contributed by atoms with Gasteiger partial charge in [-0.05, 0) is 62.5 Å². The number of rotatable bonds is 5. The van der Waals surface area contributed by atoms with E-state index >= 15 is 0 Å². The Bertz CT molecular complexity index is 869. The summed E-state index contributed by atoms with van der Waals surface area (Å²) in [4.78, 5) is 23.9. The van der Waals surface area contributed by atoms with Crippen molar-refractivity contribution in [3.63, 3.8) is 0 Å². The molecule has 27 heavy (non-hydrogen) atoms. The van der Waals surface area contributed by atoms with E-state index in [0.29, 0.717) is 11.5 Å². The Morgan fingerprint density at radius 1 is 1.22 bits per heavy atom. The first-order chi connectivity index (χ1) is 13.2. The number of amides is 1.